The van der Waals surface area contributed by atoms with Gasteiger partial charge in [-0.2, -0.15) is 0 Å². The van der Waals surface area contributed by atoms with Crippen LogP contribution in [-0.2, 0) is 17.8 Å². The Labute approximate surface area is 214 Å². The number of rotatable bonds is 8. The first kappa shape index (κ1) is 25.3. The fourth-order valence-electron chi connectivity index (χ4n) is 4.68. The molecule has 0 unspecified atom stereocenters. The Morgan fingerprint density at radius 2 is 1.65 bits per heavy atom. The summed E-state index contributed by atoms with van der Waals surface area (Å²) in [5.41, 5.74) is 3.31. The number of para-hydroxylation sites is 1. The lowest BCUT2D eigenvalue weighted by atomic mass is 9.90. The SMILES string of the molecule is COc1ccc([C@@H]2O[C@H](CO)[C@@H](O)[C@H](O)[C@H]2O)cc1Cc1ccc(OCc2cc3ccccc3o2)cc1. The van der Waals surface area contributed by atoms with Crippen LogP contribution in [0.5, 0.6) is 11.5 Å². The molecule has 0 aliphatic carbocycles. The van der Waals surface area contributed by atoms with Gasteiger partial charge in [0, 0.05) is 11.8 Å². The van der Waals surface area contributed by atoms with E-state index in [2.05, 4.69) is 0 Å². The summed E-state index contributed by atoms with van der Waals surface area (Å²) in [5.74, 6) is 2.13. The second kappa shape index (κ2) is 10.9. The van der Waals surface area contributed by atoms with Gasteiger partial charge in [0.15, 0.2) is 0 Å². The van der Waals surface area contributed by atoms with Crippen LogP contribution in [0.15, 0.2) is 77.2 Å². The summed E-state index contributed by atoms with van der Waals surface area (Å²) in [6, 6.07) is 22.9. The lowest BCUT2D eigenvalue weighted by molar-refractivity contribution is -0.231. The Kier molecular flexibility index (Phi) is 7.45. The van der Waals surface area contributed by atoms with Crippen molar-refractivity contribution in [1.29, 1.82) is 0 Å². The smallest absolute Gasteiger partial charge is 0.146 e. The second-order valence-corrected chi connectivity index (χ2v) is 9.18. The second-order valence-electron chi connectivity index (χ2n) is 9.18. The number of furan rings is 1. The molecule has 1 saturated heterocycles. The van der Waals surface area contributed by atoms with Gasteiger partial charge in [-0.15, -0.1) is 0 Å². The van der Waals surface area contributed by atoms with Crippen molar-refractivity contribution in [3.8, 4) is 11.5 Å². The molecule has 0 radical (unpaired) electrons. The molecular weight excluding hydrogens is 476 g/mol. The molecule has 1 aliphatic rings. The standard InChI is InChI=1S/C29H30O8/c1-34-23-11-8-19(29-28(33)27(32)26(31)25(15-30)37-29)13-20(23)12-17-6-9-21(10-7-17)35-16-22-14-18-4-2-3-5-24(18)36-22/h2-11,13-14,25-33H,12,15-16H2,1H3/t25-,26-,27+,28-,29+/m1/s1. The highest BCUT2D eigenvalue weighted by Gasteiger charge is 2.44. The van der Waals surface area contributed by atoms with Gasteiger partial charge in [-0.25, -0.2) is 0 Å². The molecular formula is C29H30O8. The Bertz CT molecular complexity index is 1300. The van der Waals surface area contributed by atoms with Gasteiger partial charge in [0.2, 0.25) is 0 Å². The lowest BCUT2D eigenvalue weighted by Gasteiger charge is -2.40. The zero-order chi connectivity index (χ0) is 25.9. The molecule has 37 heavy (non-hydrogen) atoms. The number of aliphatic hydroxyl groups excluding tert-OH is 4. The molecule has 0 spiro atoms. The highest BCUT2D eigenvalue weighted by atomic mass is 16.5. The largest absolute Gasteiger partial charge is 0.496 e. The molecule has 1 fully saturated rings. The lowest BCUT2D eigenvalue weighted by Crippen LogP contribution is -2.55. The van der Waals surface area contributed by atoms with Crippen LogP contribution in [-0.4, -0.2) is 58.6 Å². The molecule has 194 valence electrons. The maximum atomic E-state index is 10.5. The number of aliphatic hydroxyl groups is 4. The van der Waals surface area contributed by atoms with Gasteiger partial charge in [0.25, 0.3) is 0 Å². The van der Waals surface area contributed by atoms with Gasteiger partial charge in [0.1, 0.15) is 60.0 Å². The summed E-state index contributed by atoms with van der Waals surface area (Å²) in [6.45, 7) is -0.155. The summed E-state index contributed by atoms with van der Waals surface area (Å²) < 4.78 is 23.0. The summed E-state index contributed by atoms with van der Waals surface area (Å²) >= 11 is 0. The number of hydrogen-bond donors (Lipinski definition) is 4. The maximum absolute atomic E-state index is 10.5. The Balaban J connectivity index is 1.28. The van der Waals surface area contributed by atoms with E-state index in [0.717, 1.165) is 27.9 Å². The van der Waals surface area contributed by atoms with Gasteiger partial charge < -0.3 is 39.1 Å². The monoisotopic (exact) mass is 506 g/mol. The van der Waals surface area contributed by atoms with E-state index < -0.39 is 37.1 Å². The van der Waals surface area contributed by atoms with Crippen molar-refractivity contribution in [3.05, 3.63) is 95.2 Å². The van der Waals surface area contributed by atoms with Crippen molar-refractivity contribution in [2.75, 3.05) is 13.7 Å². The average Bonchev–Trinajstić information content (AvgIpc) is 3.35. The van der Waals surface area contributed by atoms with Gasteiger partial charge >= 0.3 is 0 Å². The molecule has 3 aromatic carbocycles. The highest BCUT2D eigenvalue weighted by molar-refractivity contribution is 5.77. The fraction of sp³-hybridized carbons (Fsp3) is 0.310. The number of fused-ring (bicyclic) bond motifs is 1. The summed E-state index contributed by atoms with van der Waals surface area (Å²) in [7, 11) is 1.58. The van der Waals surface area contributed by atoms with Gasteiger partial charge in [0.05, 0.1) is 13.7 Å². The third-order valence-electron chi connectivity index (χ3n) is 6.70. The molecule has 8 heteroatoms. The van der Waals surface area contributed by atoms with Crippen LogP contribution in [0.2, 0.25) is 0 Å². The highest BCUT2D eigenvalue weighted by Crippen LogP contribution is 2.35. The Morgan fingerprint density at radius 3 is 2.38 bits per heavy atom. The van der Waals surface area contributed by atoms with Gasteiger partial charge in [-0.3, -0.25) is 0 Å². The van der Waals surface area contributed by atoms with Crippen molar-refractivity contribution in [2.24, 2.45) is 0 Å². The van der Waals surface area contributed by atoms with E-state index in [4.69, 9.17) is 18.6 Å². The molecule has 5 atom stereocenters. The molecule has 2 heterocycles. The molecule has 0 saturated carbocycles. The predicted octanol–water partition coefficient (Wildman–Crippen LogP) is 3.13. The van der Waals surface area contributed by atoms with Crippen LogP contribution in [0.4, 0.5) is 0 Å². The summed E-state index contributed by atoms with van der Waals surface area (Å²) in [5, 5.41) is 41.3. The Morgan fingerprint density at radius 1 is 0.865 bits per heavy atom. The molecule has 1 aliphatic heterocycles. The van der Waals surface area contributed by atoms with Crippen LogP contribution >= 0.6 is 0 Å². The van der Waals surface area contributed by atoms with Crippen LogP contribution < -0.4 is 9.47 Å². The fourth-order valence-corrected chi connectivity index (χ4v) is 4.68. The molecule has 4 N–H and O–H groups in total. The minimum absolute atomic E-state index is 0.322. The van der Waals surface area contributed by atoms with E-state index in [1.54, 1.807) is 19.2 Å². The molecule has 1 aromatic heterocycles. The number of hydrogen-bond acceptors (Lipinski definition) is 8. The number of benzene rings is 3. The average molecular weight is 507 g/mol. The number of methoxy groups -OCH3 is 1. The zero-order valence-corrected chi connectivity index (χ0v) is 20.4. The first-order valence-corrected chi connectivity index (χ1v) is 12.1. The third kappa shape index (κ3) is 5.34. The van der Waals surface area contributed by atoms with Crippen molar-refractivity contribution in [3.63, 3.8) is 0 Å². The zero-order valence-electron chi connectivity index (χ0n) is 20.4. The van der Waals surface area contributed by atoms with Crippen molar-refractivity contribution < 1.29 is 39.1 Å². The first-order valence-electron chi connectivity index (χ1n) is 12.1. The normalized spacial score (nSPS) is 23.8. The van der Waals surface area contributed by atoms with E-state index >= 15 is 0 Å². The van der Waals surface area contributed by atoms with Crippen molar-refractivity contribution >= 4 is 11.0 Å². The van der Waals surface area contributed by atoms with Gasteiger partial charge in [-0.1, -0.05) is 36.4 Å². The van der Waals surface area contributed by atoms with Crippen LogP contribution in [0, 0.1) is 0 Å². The van der Waals surface area contributed by atoms with E-state index in [1.165, 1.54) is 0 Å². The van der Waals surface area contributed by atoms with E-state index in [9.17, 15) is 20.4 Å². The van der Waals surface area contributed by atoms with Crippen molar-refractivity contribution in [1.82, 2.24) is 0 Å². The maximum Gasteiger partial charge on any atom is 0.146 e. The van der Waals surface area contributed by atoms with Crippen LogP contribution in [0.1, 0.15) is 28.6 Å². The number of ether oxygens (including phenoxy) is 3. The van der Waals surface area contributed by atoms with E-state index in [0.29, 0.717) is 30.1 Å². The van der Waals surface area contributed by atoms with Crippen LogP contribution in [0.25, 0.3) is 11.0 Å². The molecule has 5 rings (SSSR count). The first-order chi connectivity index (χ1) is 18.0. The van der Waals surface area contributed by atoms with E-state index in [-0.39, 0.29) is 0 Å². The topological polar surface area (TPSA) is 122 Å². The summed E-state index contributed by atoms with van der Waals surface area (Å²) in [6.07, 6.45) is -5.52. The molecule has 0 amide bonds. The van der Waals surface area contributed by atoms with E-state index in [1.807, 2.05) is 60.7 Å². The molecule has 0 bridgehead atoms. The molecule has 4 aromatic rings. The minimum Gasteiger partial charge on any atom is -0.496 e. The summed E-state index contributed by atoms with van der Waals surface area (Å²) in [4.78, 5) is 0. The van der Waals surface area contributed by atoms with Crippen LogP contribution in [0.3, 0.4) is 0 Å². The predicted molar refractivity (Wildman–Crippen MR) is 136 cm³/mol. The van der Waals surface area contributed by atoms with Gasteiger partial charge in [-0.05, 0) is 53.1 Å². The molecule has 8 nitrogen and oxygen atoms in total. The quantitative estimate of drug-likeness (QED) is 0.288. The third-order valence-corrected chi connectivity index (χ3v) is 6.70. The minimum atomic E-state index is -1.44. The Hall–Kier alpha value is -3.40. The van der Waals surface area contributed by atoms with Crippen molar-refractivity contribution in [2.45, 2.75) is 43.5 Å².